The summed E-state index contributed by atoms with van der Waals surface area (Å²) in [5.41, 5.74) is 1.56. The van der Waals surface area contributed by atoms with Crippen LogP contribution in [-0.4, -0.2) is 35.6 Å². The number of pyridine rings is 1. The van der Waals surface area contributed by atoms with Crippen molar-refractivity contribution in [2.45, 2.75) is 25.8 Å². The predicted octanol–water partition coefficient (Wildman–Crippen LogP) is 3.00. The largest absolute Gasteiger partial charge is 0.365 e. The van der Waals surface area contributed by atoms with Crippen LogP contribution >= 0.6 is 0 Å². The van der Waals surface area contributed by atoms with Crippen LogP contribution in [-0.2, 0) is 0 Å². The number of hydrogen-bond donors (Lipinski definition) is 1. The molecule has 3 rings (SSSR count). The summed E-state index contributed by atoms with van der Waals surface area (Å²) in [4.78, 5) is 7.08. The summed E-state index contributed by atoms with van der Waals surface area (Å²) in [6.07, 6.45) is 2.33. The van der Waals surface area contributed by atoms with Crippen molar-refractivity contribution in [3.05, 3.63) is 35.9 Å². The van der Waals surface area contributed by atoms with Crippen LogP contribution < -0.4 is 5.32 Å². The van der Waals surface area contributed by atoms with Crippen molar-refractivity contribution >= 4 is 16.7 Å². The van der Waals surface area contributed by atoms with Gasteiger partial charge in [-0.2, -0.15) is 5.26 Å². The van der Waals surface area contributed by atoms with Crippen molar-refractivity contribution < 1.29 is 0 Å². The van der Waals surface area contributed by atoms with Crippen LogP contribution in [0.4, 0.5) is 5.82 Å². The number of nitrogens with one attached hydrogen (secondary N) is 1. The van der Waals surface area contributed by atoms with E-state index in [1.807, 2.05) is 30.3 Å². The standard InChI is InChI=1S/C17H20N4/c1-2-21-9-5-7-15(12-21)19-17-14(11-18)10-13-6-3-4-8-16(13)20-17/h3-4,6,8,10,15H,2,5,7,9,12H2,1H3,(H,19,20). The number of nitriles is 1. The summed E-state index contributed by atoms with van der Waals surface area (Å²) >= 11 is 0. The maximum absolute atomic E-state index is 9.37. The van der Waals surface area contributed by atoms with Gasteiger partial charge in [0.15, 0.2) is 0 Å². The van der Waals surface area contributed by atoms with Gasteiger partial charge in [-0.15, -0.1) is 0 Å². The van der Waals surface area contributed by atoms with E-state index in [-0.39, 0.29) is 0 Å². The van der Waals surface area contributed by atoms with Gasteiger partial charge in [-0.3, -0.25) is 0 Å². The monoisotopic (exact) mass is 280 g/mol. The third-order valence-electron chi connectivity index (χ3n) is 4.14. The van der Waals surface area contributed by atoms with Crippen molar-refractivity contribution in [2.75, 3.05) is 25.0 Å². The number of rotatable bonds is 3. The van der Waals surface area contributed by atoms with Gasteiger partial charge in [0.1, 0.15) is 11.9 Å². The fraction of sp³-hybridized carbons (Fsp3) is 0.412. The van der Waals surface area contributed by atoms with Crippen molar-refractivity contribution in [1.29, 1.82) is 5.26 Å². The van der Waals surface area contributed by atoms with Gasteiger partial charge in [-0.05, 0) is 38.1 Å². The molecule has 2 aromatic rings. The smallest absolute Gasteiger partial charge is 0.144 e. The molecule has 0 spiro atoms. The van der Waals surface area contributed by atoms with Crippen LogP contribution in [0.15, 0.2) is 30.3 Å². The molecule has 1 aromatic heterocycles. The highest BCUT2D eigenvalue weighted by Crippen LogP contribution is 2.22. The molecule has 1 fully saturated rings. The second-order valence-corrected chi connectivity index (χ2v) is 5.57. The molecule has 2 heterocycles. The molecule has 108 valence electrons. The maximum Gasteiger partial charge on any atom is 0.144 e. The van der Waals surface area contributed by atoms with Crippen LogP contribution in [0.25, 0.3) is 10.9 Å². The Morgan fingerprint density at radius 2 is 2.29 bits per heavy atom. The third kappa shape index (κ3) is 2.98. The zero-order valence-electron chi connectivity index (χ0n) is 12.3. The fourth-order valence-electron chi connectivity index (χ4n) is 2.97. The van der Waals surface area contributed by atoms with Crippen LogP contribution in [0.3, 0.4) is 0 Å². The molecular weight excluding hydrogens is 260 g/mol. The number of aromatic nitrogens is 1. The van der Waals surface area contributed by atoms with E-state index < -0.39 is 0 Å². The molecule has 0 bridgehead atoms. The van der Waals surface area contributed by atoms with Crippen LogP contribution in [0.2, 0.25) is 0 Å². The Balaban J connectivity index is 1.87. The maximum atomic E-state index is 9.37. The minimum atomic E-state index is 0.375. The molecule has 1 aliphatic rings. The van der Waals surface area contributed by atoms with Gasteiger partial charge in [0.05, 0.1) is 11.1 Å². The number of likely N-dealkylation sites (tertiary alicyclic amines) is 1. The van der Waals surface area contributed by atoms with E-state index in [1.165, 1.54) is 13.0 Å². The highest BCUT2D eigenvalue weighted by molar-refractivity contribution is 5.82. The van der Waals surface area contributed by atoms with Gasteiger partial charge in [0, 0.05) is 18.0 Å². The van der Waals surface area contributed by atoms with E-state index in [2.05, 4.69) is 28.2 Å². The normalized spacial score (nSPS) is 19.3. The van der Waals surface area contributed by atoms with E-state index in [9.17, 15) is 5.26 Å². The molecule has 0 saturated carbocycles. The highest BCUT2D eigenvalue weighted by Gasteiger charge is 2.20. The lowest BCUT2D eigenvalue weighted by Gasteiger charge is -2.32. The Morgan fingerprint density at radius 3 is 3.10 bits per heavy atom. The summed E-state index contributed by atoms with van der Waals surface area (Å²) in [5.74, 6) is 0.721. The van der Waals surface area contributed by atoms with Crippen molar-refractivity contribution in [2.24, 2.45) is 0 Å². The highest BCUT2D eigenvalue weighted by atomic mass is 15.2. The van der Waals surface area contributed by atoms with Gasteiger partial charge in [-0.1, -0.05) is 25.1 Å². The van der Waals surface area contributed by atoms with Crippen molar-refractivity contribution in [3.63, 3.8) is 0 Å². The lowest BCUT2D eigenvalue weighted by Crippen LogP contribution is -2.42. The van der Waals surface area contributed by atoms with E-state index in [4.69, 9.17) is 0 Å². The molecule has 1 saturated heterocycles. The van der Waals surface area contributed by atoms with Gasteiger partial charge in [-0.25, -0.2) is 4.98 Å². The van der Waals surface area contributed by atoms with Crippen LogP contribution in [0.5, 0.6) is 0 Å². The van der Waals surface area contributed by atoms with E-state index in [0.29, 0.717) is 11.6 Å². The number of anilines is 1. The zero-order valence-corrected chi connectivity index (χ0v) is 12.3. The first-order valence-electron chi connectivity index (χ1n) is 7.59. The number of nitrogens with zero attached hydrogens (tertiary/aromatic N) is 3. The van der Waals surface area contributed by atoms with E-state index in [0.717, 1.165) is 36.2 Å². The van der Waals surface area contributed by atoms with Crippen molar-refractivity contribution in [3.8, 4) is 6.07 Å². The van der Waals surface area contributed by atoms with Crippen LogP contribution in [0.1, 0.15) is 25.3 Å². The predicted molar refractivity (Wildman–Crippen MR) is 85.2 cm³/mol. The summed E-state index contributed by atoms with van der Waals surface area (Å²) in [7, 11) is 0. The lowest BCUT2D eigenvalue weighted by molar-refractivity contribution is 0.226. The van der Waals surface area contributed by atoms with Crippen molar-refractivity contribution in [1.82, 2.24) is 9.88 Å². The fourth-order valence-corrected chi connectivity index (χ4v) is 2.97. The molecule has 0 amide bonds. The molecule has 1 atom stereocenters. The van der Waals surface area contributed by atoms with E-state index >= 15 is 0 Å². The summed E-state index contributed by atoms with van der Waals surface area (Å²) in [6.45, 7) is 5.46. The topological polar surface area (TPSA) is 52.0 Å². The first kappa shape index (κ1) is 13.8. The number of benzene rings is 1. The van der Waals surface area contributed by atoms with E-state index in [1.54, 1.807) is 0 Å². The number of likely N-dealkylation sites (N-methyl/N-ethyl adjacent to an activating group) is 1. The summed E-state index contributed by atoms with van der Waals surface area (Å²) in [5, 5.41) is 13.9. The average Bonchev–Trinajstić information content (AvgIpc) is 2.54. The molecule has 1 aliphatic heterocycles. The van der Waals surface area contributed by atoms with Gasteiger partial charge < -0.3 is 10.2 Å². The molecule has 4 nitrogen and oxygen atoms in total. The average molecular weight is 280 g/mol. The molecule has 4 heteroatoms. The Morgan fingerprint density at radius 1 is 1.43 bits per heavy atom. The minimum Gasteiger partial charge on any atom is -0.365 e. The Bertz CT molecular complexity index is 674. The van der Waals surface area contributed by atoms with Gasteiger partial charge in [0.2, 0.25) is 0 Å². The summed E-state index contributed by atoms with van der Waals surface area (Å²) in [6, 6.07) is 12.5. The zero-order chi connectivity index (χ0) is 14.7. The first-order valence-corrected chi connectivity index (χ1v) is 7.59. The number of fused-ring (bicyclic) bond motifs is 1. The number of hydrogen-bond acceptors (Lipinski definition) is 4. The molecule has 1 unspecified atom stereocenters. The molecule has 0 radical (unpaired) electrons. The summed E-state index contributed by atoms with van der Waals surface area (Å²) < 4.78 is 0. The minimum absolute atomic E-state index is 0.375. The first-order chi connectivity index (χ1) is 10.3. The number of para-hydroxylation sites is 1. The van der Waals surface area contributed by atoms with Gasteiger partial charge in [0.25, 0.3) is 0 Å². The molecule has 1 aromatic carbocycles. The molecule has 21 heavy (non-hydrogen) atoms. The molecule has 1 N–H and O–H groups in total. The molecular formula is C17H20N4. The quantitative estimate of drug-likeness (QED) is 0.939. The Kier molecular flexibility index (Phi) is 4.03. The Hall–Kier alpha value is -2.12. The third-order valence-corrected chi connectivity index (χ3v) is 4.14. The Labute approximate surface area is 125 Å². The van der Waals surface area contributed by atoms with Gasteiger partial charge >= 0.3 is 0 Å². The second kappa shape index (κ2) is 6.11. The lowest BCUT2D eigenvalue weighted by atomic mass is 10.1. The molecule has 0 aliphatic carbocycles. The SMILES string of the molecule is CCN1CCCC(Nc2nc3ccccc3cc2C#N)C1. The number of piperidine rings is 1. The second-order valence-electron chi connectivity index (χ2n) is 5.57. The van der Waals surface area contributed by atoms with Crippen LogP contribution in [0, 0.1) is 11.3 Å².